The lowest BCUT2D eigenvalue weighted by atomic mass is 10.0. The molecular formula is C30H28N4O5. The van der Waals surface area contributed by atoms with Crippen molar-refractivity contribution in [3.05, 3.63) is 59.9 Å². The van der Waals surface area contributed by atoms with Crippen molar-refractivity contribution in [2.24, 2.45) is 11.8 Å². The van der Waals surface area contributed by atoms with Gasteiger partial charge in [0.1, 0.15) is 5.60 Å². The molecule has 0 saturated heterocycles. The third kappa shape index (κ3) is 7.33. The molecule has 0 aliphatic heterocycles. The summed E-state index contributed by atoms with van der Waals surface area (Å²) in [7, 11) is 0. The van der Waals surface area contributed by atoms with Crippen molar-refractivity contribution in [3.8, 4) is 34.9 Å². The minimum absolute atomic E-state index is 0.0145. The molecular weight excluding hydrogens is 496 g/mol. The Hall–Kier alpha value is -4.89. The van der Waals surface area contributed by atoms with Gasteiger partial charge in [-0.1, -0.05) is 24.0 Å². The topological polar surface area (TPSA) is 120 Å². The van der Waals surface area contributed by atoms with E-state index < -0.39 is 17.6 Å². The molecule has 2 unspecified atom stereocenters. The lowest BCUT2D eigenvalue weighted by molar-refractivity contribution is -0.144. The molecule has 0 bridgehead atoms. The van der Waals surface area contributed by atoms with Crippen molar-refractivity contribution in [1.82, 2.24) is 20.8 Å². The van der Waals surface area contributed by atoms with E-state index in [1.807, 2.05) is 24.3 Å². The van der Waals surface area contributed by atoms with Gasteiger partial charge >= 0.3 is 12.1 Å². The second-order valence-electron chi connectivity index (χ2n) is 9.83. The van der Waals surface area contributed by atoms with E-state index in [1.165, 1.54) is 0 Å². The lowest BCUT2D eigenvalue weighted by Gasteiger charge is -2.19. The molecule has 2 N–H and O–H groups in total. The van der Waals surface area contributed by atoms with Crippen LogP contribution in [-0.4, -0.2) is 40.1 Å². The molecule has 0 spiro atoms. The maximum atomic E-state index is 13.0. The Labute approximate surface area is 226 Å². The number of hydrogen-bond acceptors (Lipinski definition) is 7. The molecule has 198 valence electrons. The van der Waals surface area contributed by atoms with E-state index in [-0.39, 0.29) is 17.8 Å². The van der Waals surface area contributed by atoms with Crippen LogP contribution >= 0.6 is 0 Å². The highest BCUT2D eigenvalue weighted by atomic mass is 16.6. The average molecular weight is 525 g/mol. The van der Waals surface area contributed by atoms with Crippen molar-refractivity contribution in [1.29, 1.82) is 0 Å². The molecule has 2 amide bonds. The highest BCUT2D eigenvalue weighted by Gasteiger charge is 2.43. The van der Waals surface area contributed by atoms with Crippen molar-refractivity contribution >= 4 is 28.9 Å². The van der Waals surface area contributed by atoms with Crippen LogP contribution in [-0.2, 0) is 14.3 Å². The molecule has 2 atom stereocenters. The van der Waals surface area contributed by atoms with E-state index in [0.717, 1.165) is 11.1 Å². The van der Waals surface area contributed by atoms with Crippen LogP contribution < -0.4 is 10.9 Å². The SMILES string of the molecule is CCOC(=O)C1CC1C#CC#Cc1ccc(-c2cc(C(=O)NNC(=O)OC(C)(C)C)c3cnccc3n2)cc1. The van der Waals surface area contributed by atoms with E-state index in [4.69, 9.17) is 9.47 Å². The van der Waals surface area contributed by atoms with Crippen LogP contribution in [0.1, 0.15) is 50.0 Å². The predicted octanol–water partition coefficient (Wildman–Crippen LogP) is 4.02. The van der Waals surface area contributed by atoms with E-state index in [9.17, 15) is 14.4 Å². The zero-order chi connectivity index (χ0) is 28.0. The van der Waals surface area contributed by atoms with Crippen LogP contribution in [0.15, 0.2) is 48.8 Å². The number of hydrazine groups is 1. The summed E-state index contributed by atoms with van der Waals surface area (Å²) < 4.78 is 10.2. The average Bonchev–Trinajstić information content (AvgIpc) is 3.68. The monoisotopic (exact) mass is 524 g/mol. The summed E-state index contributed by atoms with van der Waals surface area (Å²) in [5.41, 5.74) is 6.90. The summed E-state index contributed by atoms with van der Waals surface area (Å²) in [4.78, 5) is 45.4. The first-order valence-corrected chi connectivity index (χ1v) is 12.5. The number of benzene rings is 1. The van der Waals surface area contributed by atoms with Crippen molar-refractivity contribution in [2.75, 3.05) is 6.61 Å². The van der Waals surface area contributed by atoms with Crippen LogP contribution in [0, 0.1) is 35.5 Å². The number of esters is 1. The van der Waals surface area contributed by atoms with E-state index in [1.54, 1.807) is 52.2 Å². The predicted molar refractivity (Wildman–Crippen MR) is 145 cm³/mol. The van der Waals surface area contributed by atoms with Gasteiger partial charge in [-0.3, -0.25) is 20.0 Å². The molecule has 1 fully saturated rings. The van der Waals surface area contributed by atoms with Gasteiger partial charge in [-0.2, -0.15) is 0 Å². The third-order valence-electron chi connectivity index (χ3n) is 5.62. The van der Waals surface area contributed by atoms with Crippen molar-refractivity contribution in [3.63, 3.8) is 0 Å². The molecule has 4 rings (SSSR count). The van der Waals surface area contributed by atoms with Gasteiger partial charge in [0, 0.05) is 34.8 Å². The number of carbonyl (C=O) groups is 3. The van der Waals surface area contributed by atoms with E-state index in [0.29, 0.717) is 35.2 Å². The Kier molecular flexibility index (Phi) is 8.12. The first kappa shape index (κ1) is 27.2. The molecule has 1 aliphatic carbocycles. The highest BCUT2D eigenvalue weighted by molar-refractivity contribution is 6.07. The third-order valence-corrected chi connectivity index (χ3v) is 5.62. The molecule has 1 saturated carbocycles. The molecule has 0 radical (unpaired) electrons. The Balaban J connectivity index is 1.48. The van der Waals surface area contributed by atoms with Gasteiger partial charge in [0.25, 0.3) is 5.91 Å². The summed E-state index contributed by atoms with van der Waals surface area (Å²) in [5, 5.41) is 0.534. The number of pyridine rings is 2. The van der Waals surface area contributed by atoms with Gasteiger partial charge in [-0.25, -0.2) is 15.2 Å². The van der Waals surface area contributed by atoms with Crippen LogP contribution in [0.2, 0.25) is 0 Å². The van der Waals surface area contributed by atoms with Gasteiger partial charge in [-0.15, -0.1) is 0 Å². The molecule has 2 heterocycles. The minimum atomic E-state index is -0.773. The van der Waals surface area contributed by atoms with Crippen LogP contribution in [0.3, 0.4) is 0 Å². The second-order valence-corrected chi connectivity index (χ2v) is 9.83. The molecule has 39 heavy (non-hydrogen) atoms. The van der Waals surface area contributed by atoms with Gasteiger partial charge < -0.3 is 9.47 Å². The van der Waals surface area contributed by atoms with Gasteiger partial charge in [-0.05, 0) is 70.2 Å². The zero-order valence-electron chi connectivity index (χ0n) is 22.1. The van der Waals surface area contributed by atoms with Gasteiger partial charge in [0.2, 0.25) is 0 Å². The summed E-state index contributed by atoms with van der Waals surface area (Å²) in [6, 6.07) is 10.7. The molecule has 9 heteroatoms. The fraction of sp³-hybridized carbons (Fsp3) is 0.300. The number of fused-ring (bicyclic) bond motifs is 1. The number of rotatable bonds is 4. The fourth-order valence-electron chi connectivity index (χ4n) is 3.70. The highest BCUT2D eigenvalue weighted by Crippen LogP contribution is 2.38. The fourth-order valence-corrected chi connectivity index (χ4v) is 3.70. The van der Waals surface area contributed by atoms with Gasteiger partial charge in [0.15, 0.2) is 0 Å². The molecule has 1 aromatic carbocycles. The zero-order valence-corrected chi connectivity index (χ0v) is 22.1. The second kappa shape index (κ2) is 11.7. The Morgan fingerprint density at radius 3 is 2.56 bits per heavy atom. The van der Waals surface area contributed by atoms with E-state index in [2.05, 4.69) is 44.5 Å². The quantitative estimate of drug-likeness (QED) is 0.301. The molecule has 9 nitrogen and oxygen atoms in total. The maximum Gasteiger partial charge on any atom is 0.426 e. The van der Waals surface area contributed by atoms with Crippen molar-refractivity contribution < 1.29 is 23.9 Å². The first-order valence-electron chi connectivity index (χ1n) is 12.5. The normalized spacial score (nSPS) is 15.6. The van der Waals surface area contributed by atoms with Crippen LogP contribution in [0.5, 0.6) is 0 Å². The largest absolute Gasteiger partial charge is 0.466 e. The van der Waals surface area contributed by atoms with E-state index >= 15 is 0 Å². The first-order chi connectivity index (χ1) is 18.6. The number of carbonyl (C=O) groups excluding carboxylic acids is 3. The smallest absolute Gasteiger partial charge is 0.426 e. The number of nitrogens with one attached hydrogen (secondary N) is 2. The molecule has 3 aromatic rings. The minimum Gasteiger partial charge on any atom is -0.466 e. The Morgan fingerprint density at radius 2 is 1.85 bits per heavy atom. The van der Waals surface area contributed by atoms with Crippen LogP contribution in [0.4, 0.5) is 4.79 Å². The molecule has 2 aromatic heterocycles. The summed E-state index contributed by atoms with van der Waals surface area (Å²) >= 11 is 0. The van der Waals surface area contributed by atoms with Crippen molar-refractivity contribution in [2.45, 2.75) is 39.7 Å². The number of aromatic nitrogens is 2. The number of nitrogens with zero attached hydrogens (tertiary/aromatic N) is 2. The summed E-state index contributed by atoms with van der Waals surface area (Å²) in [6.45, 7) is 7.34. The lowest BCUT2D eigenvalue weighted by Crippen LogP contribution is -2.44. The maximum absolute atomic E-state index is 13.0. The Bertz CT molecular complexity index is 1540. The summed E-state index contributed by atoms with van der Waals surface area (Å²) in [5.74, 6) is 10.8. The van der Waals surface area contributed by atoms with Crippen LogP contribution in [0.25, 0.3) is 22.2 Å². The number of amides is 2. The standard InChI is InChI=1S/C30H28N4O5/c1-5-38-28(36)22-16-21(22)9-7-6-8-19-10-12-20(13-11-19)26-17-23(24-18-31-15-14-25(24)32-26)27(35)33-34-29(37)39-30(2,3)4/h10-15,17-18,21-22H,5,16H2,1-4H3,(H,33,35)(H,34,37). The number of hydrogen-bond donors (Lipinski definition) is 2. The Morgan fingerprint density at radius 1 is 1.08 bits per heavy atom. The summed E-state index contributed by atoms with van der Waals surface area (Å²) in [6.07, 6.45) is 3.08. The molecule has 1 aliphatic rings. The van der Waals surface area contributed by atoms with Gasteiger partial charge in [0.05, 0.1) is 29.3 Å². The number of ether oxygens (including phenoxy) is 2.